The van der Waals surface area contributed by atoms with E-state index in [-0.39, 0.29) is 0 Å². The van der Waals surface area contributed by atoms with Crippen molar-refractivity contribution in [3.63, 3.8) is 0 Å². The van der Waals surface area contributed by atoms with Gasteiger partial charge in [-0.15, -0.1) is 0 Å². The van der Waals surface area contributed by atoms with Gasteiger partial charge < -0.3 is 9.90 Å². The van der Waals surface area contributed by atoms with Crippen LogP contribution >= 0.6 is 23.2 Å². The van der Waals surface area contributed by atoms with Gasteiger partial charge in [-0.3, -0.25) is 0 Å². The van der Waals surface area contributed by atoms with Crippen LogP contribution in [0.4, 0.5) is 0 Å². The molecule has 0 saturated heterocycles. The van der Waals surface area contributed by atoms with Crippen LogP contribution in [0.3, 0.4) is 0 Å². The first kappa shape index (κ1) is 9.52. The van der Waals surface area contributed by atoms with Crippen LogP contribution in [0.5, 0.6) is 0 Å². The van der Waals surface area contributed by atoms with Crippen LogP contribution in [0.1, 0.15) is 11.7 Å². The van der Waals surface area contributed by atoms with Crippen molar-refractivity contribution in [3.8, 4) is 0 Å². The Bertz CT molecular complexity index is 299. The molecular formula is C8H6Cl2O2. The number of benzene rings is 1. The SMILES string of the molecule is O=CC(O)c1cc(Cl)ccc1Cl. The highest BCUT2D eigenvalue weighted by atomic mass is 35.5. The fourth-order valence-corrected chi connectivity index (χ4v) is 1.22. The largest absolute Gasteiger partial charge is 0.381 e. The second-order valence-corrected chi connectivity index (χ2v) is 3.09. The van der Waals surface area contributed by atoms with Crippen LogP contribution in [0.2, 0.25) is 10.0 Å². The molecule has 12 heavy (non-hydrogen) atoms. The third-order valence-corrected chi connectivity index (χ3v) is 1.98. The van der Waals surface area contributed by atoms with E-state index < -0.39 is 6.10 Å². The zero-order chi connectivity index (χ0) is 9.14. The lowest BCUT2D eigenvalue weighted by Crippen LogP contribution is -1.98. The number of hydrogen-bond acceptors (Lipinski definition) is 2. The number of carbonyl (C=O) groups is 1. The second-order valence-electron chi connectivity index (χ2n) is 2.25. The van der Waals surface area contributed by atoms with Crippen molar-refractivity contribution in [2.45, 2.75) is 6.10 Å². The van der Waals surface area contributed by atoms with Crippen molar-refractivity contribution in [2.75, 3.05) is 0 Å². The Morgan fingerprint density at radius 3 is 2.67 bits per heavy atom. The molecule has 1 aromatic carbocycles. The Labute approximate surface area is 79.7 Å². The fraction of sp³-hybridized carbons (Fsp3) is 0.125. The maximum absolute atomic E-state index is 10.2. The number of aldehydes is 1. The maximum atomic E-state index is 10.2. The summed E-state index contributed by atoms with van der Waals surface area (Å²) >= 11 is 11.3. The number of hydrogen-bond donors (Lipinski definition) is 1. The molecule has 1 aromatic rings. The van der Waals surface area contributed by atoms with E-state index in [4.69, 9.17) is 28.3 Å². The van der Waals surface area contributed by atoms with Crippen LogP contribution in [0.15, 0.2) is 18.2 Å². The summed E-state index contributed by atoms with van der Waals surface area (Å²) < 4.78 is 0. The van der Waals surface area contributed by atoms with Crippen molar-refractivity contribution in [2.24, 2.45) is 0 Å². The highest BCUT2D eigenvalue weighted by Gasteiger charge is 2.10. The topological polar surface area (TPSA) is 37.3 Å². The Morgan fingerprint density at radius 2 is 2.08 bits per heavy atom. The van der Waals surface area contributed by atoms with Gasteiger partial charge >= 0.3 is 0 Å². The highest BCUT2D eigenvalue weighted by molar-refractivity contribution is 6.33. The third-order valence-electron chi connectivity index (χ3n) is 1.41. The van der Waals surface area contributed by atoms with Crippen molar-refractivity contribution in [3.05, 3.63) is 33.8 Å². The molecule has 0 aromatic heterocycles. The zero-order valence-electron chi connectivity index (χ0n) is 6.00. The summed E-state index contributed by atoms with van der Waals surface area (Å²) in [6.45, 7) is 0. The number of rotatable bonds is 2. The van der Waals surface area contributed by atoms with E-state index in [0.29, 0.717) is 21.9 Å². The molecule has 4 heteroatoms. The second kappa shape index (κ2) is 3.90. The van der Waals surface area contributed by atoms with Gasteiger partial charge in [0.15, 0.2) is 6.29 Å². The van der Waals surface area contributed by atoms with E-state index >= 15 is 0 Å². The van der Waals surface area contributed by atoms with Gasteiger partial charge in [-0.1, -0.05) is 23.2 Å². The van der Waals surface area contributed by atoms with Gasteiger partial charge in [-0.05, 0) is 18.2 Å². The summed E-state index contributed by atoms with van der Waals surface area (Å²) in [5, 5.41) is 9.90. The van der Waals surface area contributed by atoms with Gasteiger partial charge in [0.25, 0.3) is 0 Å². The summed E-state index contributed by atoms with van der Waals surface area (Å²) in [4.78, 5) is 10.2. The first-order valence-electron chi connectivity index (χ1n) is 3.23. The summed E-state index contributed by atoms with van der Waals surface area (Å²) in [6.07, 6.45) is -0.798. The molecule has 1 atom stereocenters. The van der Waals surface area contributed by atoms with Crippen LogP contribution in [-0.2, 0) is 4.79 Å². The Balaban J connectivity index is 3.12. The minimum atomic E-state index is -1.20. The molecule has 0 radical (unpaired) electrons. The summed E-state index contributed by atoms with van der Waals surface area (Å²) in [6, 6.07) is 4.58. The molecule has 0 fully saturated rings. The molecule has 0 amide bonds. The molecule has 0 spiro atoms. The maximum Gasteiger partial charge on any atom is 0.153 e. The first-order chi connectivity index (χ1) is 5.65. The lowest BCUT2D eigenvalue weighted by atomic mass is 10.1. The zero-order valence-corrected chi connectivity index (χ0v) is 7.51. The van der Waals surface area contributed by atoms with Crippen LogP contribution in [0, 0.1) is 0 Å². The average Bonchev–Trinajstić information content (AvgIpc) is 2.08. The van der Waals surface area contributed by atoms with Crippen molar-refractivity contribution >= 4 is 29.5 Å². The molecule has 1 N–H and O–H groups in total. The van der Waals surface area contributed by atoms with Crippen LogP contribution < -0.4 is 0 Å². The first-order valence-corrected chi connectivity index (χ1v) is 3.99. The fourth-order valence-electron chi connectivity index (χ4n) is 0.815. The summed E-state index contributed by atoms with van der Waals surface area (Å²) in [5.41, 5.74) is 0.333. The van der Waals surface area contributed by atoms with E-state index in [1.807, 2.05) is 0 Å². The number of carbonyl (C=O) groups excluding carboxylic acids is 1. The standard InChI is InChI=1S/C8H6Cl2O2/c9-5-1-2-7(10)6(3-5)8(12)4-11/h1-4,8,12H. The van der Waals surface area contributed by atoms with Gasteiger partial charge in [0.2, 0.25) is 0 Å². The minimum Gasteiger partial charge on any atom is -0.381 e. The van der Waals surface area contributed by atoms with Gasteiger partial charge in [0.05, 0.1) is 0 Å². The molecule has 2 nitrogen and oxygen atoms in total. The Kier molecular flexibility index (Phi) is 3.09. The van der Waals surface area contributed by atoms with Crippen molar-refractivity contribution in [1.82, 2.24) is 0 Å². The summed E-state index contributed by atoms with van der Waals surface area (Å²) in [7, 11) is 0. The van der Waals surface area contributed by atoms with E-state index in [0.717, 1.165) is 0 Å². The smallest absolute Gasteiger partial charge is 0.153 e. The number of aliphatic hydroxyl groups is 1. The molecule has 0 aliphatic carbocycles. The highest BCUT2D eigenvalue weighted by Crippen LogP contribution is 2.24. The normalized spacial score (nSPS) is 12.6. The lowest BCUT2D eigenvalue weighted by molar-refractivity contribution is -0.115. The van der Waals surface area contributed by atoms with Crippen LogP contribution in [0.25, 0.3) is 0 Å². The lowest BCUT2D eigenvalue weighted by Gasteiger charge is -2.05. The third kappa shape index (κ3) is 1.97. The molecule has 1 rings (SSSR count). The van der Waals surface area contributed by atoms with Gasteiger partial charge in [-0.2, -0.15) is 0 Å². The predicted octanol–water partition coefficient (Wildman–Crippen LogP) is 2.23. The Hall–Kier alpha value is -0.570. The molecule has 0 heterocycles. The molecule has 0 bridgehead atoms. The average molecular weight is 205 g/mol. The van der Waals surface area contributed by atoms with Gasteiger partial charge in [0.1, 0.15) is 6.10 Å². The van der Waals surface area contributed by atoms with Crippen molar-refractivity contribution in [1.29, 1.82) is 0 Å². The molecule has 0 aliphatic rings. The number of aliphatic hydroxyl groups excluding tert-OH is 1. The summed E-state index contributed by atoms with van der Waals surface area (Å²) in [5.74, 6) is 0. The van der Waals surface area contributed by atoms with Gasteiger partial charge in [0, 0.05) is 15.6 Å². The van der Waals surface area contributed by atoms with E-state index in [9.17, 15) is 4.79 Å². The quantitative estimate of drug-likeness (QED) is 0.751. The number of halogens is 2. The van der Waals surface area contributed by atoms with Crippen LogP contribution in [-0.4, -0.2) is 11.4 Å². The van der Waals surface area contributed by atoms with Crippen molar-refractivity contribution < 1.29 is 9.90 Å². The molecule has 1 unspecified atom stereocenters. The minimum absolute atomic E-state index is 0.332. The molecule has 0 saturated carbocycles. The molecule has 64 valence electrons. The van der Waals surface area contributed by atoms with E-state index in [2.05, 4.69) is 0 Å². The van der Waals surface area contributed by atoms with E-state index in [1.54, 1.807) is 6.07 Å². The molecular weight excluding hydrogens is 199 g/mol. The van der Waals surface area contributed by atoms with Gasteiger partial charge in [-0.25, -0.2) is 0 Å². The van der Waals surface area contributed by atoms with E-state index in [1.165, 1.54) is 12.1 Å². The Morgan fingerprint density at radius 1 is 1.42 bits per heavy atom. The molecule has 0 aliphatic heterocycles. The monoisotopic (exact) mass is 204 g/mol. The predicted molar refractivity (Wildman–Crippen MR) is 47.5 cm³/mol.